The predicted molar refractivity (Wildman–Crippen MR) is 109 cm³/mol. The molecule has 4 rings (SSSR count). The van der Waals surface area contributed by atoms with Crippen LogP contribution in [0.25, 0.3) is 0 Å². The Morgan fingerprint density at radius 3 is 2.93 bits per heavy atom. The molecular formula is C20H26N6O3. The third kappa shape index (κ3) is 4.10. The number of hydrogen-bond donors (Lipinski definition) is 2. The molecule has 1 amide bonds. The van der Waals surface area contributed by atoms with Crippen LogP contribution in [0.15, 0.2) is 30.6 Å². The lowest BCUT2D eigenvalue weighted by Crippen LogP contribution is -2.48. The second-order valence-corrected chi connectivity index (χ2v) is 7.37. The van der Waals surface area contributed by atoms with Crippen molar-refractivity contribution in [3.05, 3.63) is 41.9 Å². The van der Waals surface area contributed by atoms with Gasteiger partial charge in [0.25, 0.3) is 0 Å². The smallest absolute Gasteiger partial charge is 0.241 e. The Balaban J connectivity index is 1.56. The molecule has 2 N–H and O–H groups in total. The van der Waals surface area contributed by atoms with Crippen LogP contribution in [0.1, 0.15) is 24.2 Å². The summed E-state index contributed by atoms with van der Waals surface area (Å²) in [4.78, 5) is 24.6. The standard InChI is InChI=1S/C20H26N6O3/c1-13(11-28-3)29-14-4-5-16-15(8-14)20(24-23-16)17-9-18(22-12-21-17)26-7-6-25(2)19(27)10-26/h4-5,8-9,12-13,20,23-24H,6-7,10-11H2,1-3H3/t13-,20+/m0/s1. The van der Waals surface area contributed by atoms with E-state index in [-0.39, 0.29) is 18.1 Å². The van der Waals surface area contributed by atoms with Gasteiger partial charge in [0, 0.05) is 38.9 Å². The zero-order chi connectivity index (χ0) is 20.4. The van der Waals surface area contributed by atoms with Gasteiger partial charge in [0.05, 0.1) is 30.6 Å². The number of hydrogen-bond acceptors (Lipinski definition) is 8. The van der Waals surface area contributed by atoms with E-state index >= 15 is 0 Å². The highest BCUT2D eigenvalue weighted by atomic mass is 16.5. The predicted octanol–water partition coefficient (Wildman–Crippen LogP) is 1.19. The lowest BCUT2D eigenvalue weighted by molar-refractivity contribution is -0.129. The number of methoxy groups -OCH3 is 1. The Labute approximate surface area is 170 Å². The van der Waals surface area contributed by atoms with Crippen LogP contribution in [0, 0.1) is 0 Å². The van der Waals surface area contributed by atoms with Gasteiger partial charge in [0.2, 0.25) is 5.91 Å². The third-order valence-electron chi connectivity index (χ3n) is 5.17. The molecule has 0 bridgehead atoms. The molecule has 2 aromatic rings. The average Bonchev–Trinajstić information content (AvgIpc) is 3.13. The van der Waals surface area contributed by atoms with Crippen LogP contribution in [0.2, 0.25) is 0 Å². The number of carbonyl (C=O) groups excluding carboxylic acids is 1. The van der Waals surface area contributed by atoms with E-state index in [9.17, 15) is 4.79 Å². The van der Waals surface area contributed by atoms with Crippen molar-refractivity contribution in [3.8, 4) is 5.75 Å². The zero-order valence-corrected chi connectivity index (χ0v) is 16.9. The number of nitrogens with one attached hydrogen (secondary N) is 2. The van der Waals surface area contributed by atoms with Gasteiger partial charge >= 0.3 is 0 Å². The number of piperazine rings is 1. The number of carbonyl (C=O) groups is 1. The van der Waals surface area contributed by atoms with Crippen molar-refractivity contribution in [1.82, 2.24) is 20.3 Å². The average molecular weight is 398 g/mol. The number of anilines is 2. The summed E-state index contributed by atoms with van der Waals surface area (Å²) in [5.41, 5.74) is 9.34. The van der Waals surface area contributed by atoms with Gasteiger partial charge in [0.15, 0.2) is 0 Å². The van der Waals surface area contributed by atoms with E-state index in [4.69, 9.17) is 9.47 Å². The normalized spacial score (nSPS) is 19.7. The van der Waals surface area contributed by atoms with E-state index in [0.717, 1.165) is 35.1 Å². The molecule has 29 heavy (non-hydrogen) atoms. The monoisotopic (exact) mass is 398 g/mol. The van der Waals surface area contributed by atoms with Gasteiger partial charge in [0.1, 0.15) is 24.0 Å². The summed E-state index contributed by atoms with van der Waals surface area (Å²) >= 11 is 0. The maximum atomic E-state index is 12.1. The molecule has 1 aromatic carbocycles. The number of likely N-dealkylation sites (N-methyl/N-ethyl adjacent to an activating group) is 1. The minimum absolute atomic E-state index is 0.0424. The first-order valence-electron chi connectivity index (χ1n) is 9.67. The molecule has 2 aliphatic rings. The van der Waals surface area contributed by atoms with Crippen LogP contribution in [-0.4, -0.2) is 67.3 Å². The number of nitrogens with zero attached hydrogens (tertiary/aromatic N) is 4. The molecule has 9 heteroatoms. The maximum Gasteiger partial charge on any atom is 0.241 e. The number of hydrazine groups is 1. The lowest BCUT2D eigenvalue weighted by atomic mass is 10.0. The number of benzene rings is 1. The summed E-state index contributed by atoms with van der Waals surface area (Å²) in [7, 11) is 3.48. The molecule has 1 aromatic heterocycles. The van der Waals surface area contributed by atoms with Gasteiger partial charge in [-0.3, -0.25) is 4.79 Å². The number of fused-ring (bicyclic) bond motifs is 1. The largest absolute Gasteiger partial charge is 0.488 e. The van der Waals surface area contributed by atoms with Crippen molar-refractivity contribution in [1.29, 1.82) is 0 Å². The maximum absolute atomic E-state index is 12.1. The van der Waals surface area contributed by atoms with Crippen LogP contribution in [0.5, 0.6) is 5.75 Å². The van der Waals surface area contributed by atoms with E-state index in [2.05, 4.69) is 20.8 Å². The van der Waals surface area contributed by atoms with E-state index in [1.165, 1.54) is 0 Å². The second-order valence-electron chi connectivity index (χ2n) is 7.37. The molecular weight excluding hydrogens is 372 g/mol. The first-order valence-corrected chi connectivity index (χ1v) is 9.67. The van der Waals surface area contributed by atoms with Crippen molar-refractivity contribution in [2.45, 2.75) is 19.1 Å². The molecule has 2 atom stereocenters. The van der Waals surface area contributed by atoms with Crippen molar-refractivity contribution in [2.24, 2.45) is 0 Å². The van der Waals surface area contributed by atoms with Gasteiger partial charge in [-0.15, -0.1) is 0 Å². The minimum atomic E-state index is -0.142. The molecule has 0 unspecified atom stereocenters. The van der Waals surface area contributed by atoms with Crippen molar-refractivity contribution >= 4 is 17.4 Å². The number of ether oxygens (including phenoxy) is 2. The van der Waals surface area contributed by atoms with E-state index < -0.39 is 0 Å². The van der Waals surface area contributed by atoms with Crippen molar-refractivity contribution in [2.75, 3.05) is 50.7 Å². The lowest BCUT2D eigenvalue weighted by Gasteiger charge is -2.32. The number of rotatable bonds is 6. The van der Waals surface area contributed by atoms with E-state index in [0.29, 0.717) is 19.7 Å². The van der Waals surface area contributed by atoms with Gasteiger partial charge in [-0.2, -0.15) is 0 Å². The van der Waals surface area contributed by atoms with Gasteiger partial charge in [-0.25, -0.2) is 15.4 Å². The van der Waals surface area contributed by atoms with E-state index in [1.54, 1.807) is 18.3 Å². The molecule has 1 saturated heterocycles. The summed E-state index contributed by atoms with van der Waals surface area (Å²) in [5.74, 6) is 1.63. The Morgan fingerprint density at radius 2 is 2.14 bits per heavy atom. The highest BCUT2D eigenvalue weighted by molar-refractivity contribution is 5.82. The highest BCUT2D eigenvalue weighted by Gasteiger charge is 2.27. The molecule has 0 radical (unpaired) electrons. The quantitative estimate of drug-likeness (QED) is 0.750. The fourth-order valence-electron chi connectivity index (χ4n) is 3.58. The first-order chi connectivity index (χ1) is 14.0. The Hall–Kier alpha value is -2.91. The Bertz CT molecular complexity index is 892. The summed E-state index contributed by atoms with van der Waals surface area (Å²) in [6, 6.07) is 7.73. The molecule has 154 valence electrons. The molecule has 3 heterocycles. The zero-order valence-electron chi connectivity index (χ0n) is 16.9. The molecule has 0 saturated carbocycles. The Kier molecular flexibility index (Phi) is 5.50. The molecule has 0 spiro atoms. The summed E-state index contributed by atoms with van der Waals surface area (Å²) < 4.78 is 11.1. The summed E-state index contributed by atoms with van der Waals surface area (Å²) in [5, 5.41) is 0. The van der Waals surface area contributed by atoms with Crippen LogP contribution in [-0.2, 0) is 9.53 Å². The molecule has 2 aliphatic heterocycles. The summed E-state index contributed by atoms with van der Waals surface area (Å²) in [6.45, 7) is 4.26. The van der Waals surface area contributed by atoms with E-state index in [1.807, 2.05) is 43.1 Å². The van der Waals surface area contributed by atoms with Gasteiger partial charge in [-0.05, 0) is 25.1 Å². The SMILES string of the molecule is COC[C@H](C)Oc1ccc2c(c1)[C@H](c1cc(N3CCN(C)C(=O)C3)ncn1)NN2. The fourth-order valence-corrected chi connectivity index (χ4v) is 3.58. The second kappa shape index (κ2) is 8.22. The van der Waals surface area contributed by atoms with Gasteiger partial charge < -0.3 is 24.7 Å². The molecule has 1 fully saturated rings. The van der Waals surface area contributed by atoms with Crippen LogP contribution in [0.4, 0.5) is 11.5 Å². The Morgan fingerprint density at radius 1 is 1.28 bits per heavy atom. The fraction of sp³-hybridized carbons (Fsp3) is 0.450. The van der Waals surface area contributed by atoms with Crippen molar-refractivity contribution < 1.29 is 14.3 Å². The topological polar surface area (TPSA) is 91.9 Å². The van der Waals surface area contributed by atoms with Gasteiger partial charge in [-0.1, -0.05) is 0 Å². The van der Waals surface area contributed by atoms with Crippen LogP contribution < -0.4 is 20.5 Å². The highest BCUT2D eigenvalue weighted by Crippen LogP contribution is 2.35. The van der Waals surface area contributed by atoms with Crippen LogP contribution >= 0.6 is 0 Å². The van der Waals surface area contributed by atoms with Crippen molar-refractivity contribution in [3.63, 3.8) is 0 Å². The van der Waals surface area contributed by atoms with Crippen LogP contribution in [0.3, 0.4) is 0 Å². The summed E-state index contributed by atoms with van der Waals surface area (Å²) in [6.07, 6.45) is 1.51. The molecule has 0 aliphatic carbocycles. The molecule has 9 nitrogen and oxygen atoms in total. The minimum Gasteiger partial charge on any atom is -0.488 e. The third-order valence-corrected chi connectivity index (χ3v) is 5.17. The number of amides is 1. The first kappa shape index (κ1) is 19.4. The number of aromatic nitrogens is 2.